The highest BCUT2D eigenvalue weighted by molar-refractivity contribution is 5.78. The van der Waals surface area contributed by atoms with Crippen LogP contribution in [-0.4, -0.2) is 5.11 Å². The summed E-state index contributed by atoms with van der Waals surface area (Å²) in [5.41, 5.74) is 8.40. The lowest BCUT2D eigenvalue weighted by atomic mass is 9.69. The first kappa shape index (κ1) is 18.1. The molecule has 0 heterocycles. The molecule has 0 radical (unpaired) electrons. The third kappa shape index (κ3) is 4.29. The number of phenols is 1. The van der Waals surface area contributed by atoms with Gasteiger partial charge in [0.25, 0.3) is 0 Å². The molecule has 1 aromatic carbocycles. The molecule has 2 saturated carbocycles. The Kier molecular flexibility index (Phi) is 5.88. The molecule has 2 nitrogen and oxygen atoms in total. The van der Waals surface area contributed by atoms with E-state index in [4.69, 9.17) is 5.73 Å². The average Bonchev–Trinajstić information content (AvgIpc) is 2.63. The highest BCUT2D eigenvalue weighted by Gasteiger charge is 2.29. The molecule has 0 spiro atoms. The fourth-order valence-corrected chi connectivity index (χ4v) is 4.81. The summed E-state index contributed by atoms with van der Waals surface area (Å²) in [5.74, 6) is 3.77. The quantitative estimate of drug-likeness (QED) is 0.636. The van der Waals surface area contributed by atoms with E-state index >= 15 is 0 Å². The molecule has 1 aromatic rings. The summed E-state index contributed by atoms with van der Waals surface area (Å²) in [5, 5.41) is 9.83. The molecule has 0 aliphatic heterocycles. The summed E-state index contributed by atoms with van der Waals surface area (Å²) in [6.07, 6.45) is 17.3. The normalized spacial score (nSPS) is 30.4. The van der Waals surface area contributed by atoms with E-state index in [9.17, 15) is 5.11 Å². The Bertz CT molecular complexity index is 617. The summed E-state index contributed by atoms with van der Waals surface area (Å²) in [7, 11) is 0. The highest BCUT2D eigenvalue weighted by Crippen LogP contribution is 2.41. The van der Waals surface area contributed by atoms with Gasteiger partial charge in [-0.15, -0.1) is 0 Å². The van der Waals surface area contributed by atoms with Crippen LogP contribution in [0.4, 0.5) is 5.69 Å². The second kappa shape index (κ2) is 8.12. The second-order valence-corrected chi connectivity index (χ2v) is 8.26. The van der Waals surface area contributed by atoms with E-state index in [1.165, 1.54) is 51.4 Å². The number of hydrogen-bond acceptors (Lipinski definition) is 2. The van der Waals surface area contributed by atoms with Gasteiger partial charge in [0.15, 0.2) is 0 Å². The number of nitrogens with two attached hydrogens (primary N) is 1. The zero-order valence-electron chi connectivity index (χ0n) is 15.6. The first-order valence-electron chi connectivity index (χ1n) is 10.0. The van der Waals surface area contributed by atoms with Gasteiger partial charge in [-0.1, -0.05) is 44.6 Å². The van der Waals surface area contributed by atoms with Gasteiger partial charge in [0, 0.05) is 11.3 Å². The molecule has 0 bridgehead atoms. The minimum Gasteiger partial charge on any atom is -0.507 e. The Morgan fingerprint density at radius 2 is 1.60 bits per heavy atom. The largest absolute Gasteiger partial charge is 0.507 e. The van der Waals surface area contributed by atoms with E-state index in [-0.39, 0.29) is 5.75 Å². The van der Waals surface area contributed by atoms with Gasteiger partial charge in [0.2, 0.25) is 0 Å². The zero-order valence-corrected chi connectivity index (χ0v) is 15.6. The lowest BCUT2D eigenvalue weighted by Crippen LogP contribution is -2.24. The third-order valence-electron chi connectivity index (χ3n) is 6.59. The van der Waals surface area contributed by atoms with Crippen molar-refractivity contribution >= 4 is 17.8 Å². The van der Waals surface area contributed by atoms with Crippen molar-refractivity contribution in [1.29, 1.82) is 0 Å². The van der Waals surface area contributed by atoms with Gasteiger partial charge in [0.05, 0.1) is 0 Å². The number of anilines is 1. The molecule has 2 heteroatoms. The Hall–Kier alpha value is -1.70. The SMILES string of the molecule is C=Cc1c(O)ccc(/C=C/C2CCC(C3CCC(C)CC3)CC2)c1N. The molecule has 2 aliphatic carbocycles. The molecule has 136 valence electrons. The summed E-state index contributed by atoms with van der Waals surface area (Å²) >= 11 is 0. The van der Waals surface area contributed by atoms with E-state index in [2.05, 4.69) is 25.7 Å². The van der Waals surface area contributed by atoms with Crippen molar-refractivity contribution in [3.05, 3.63) is 35.9 Å². The van der Waals surface area contributed by atoms with E-state index in [0.29, 0.717) is 17.2 Å². The van der Waals surface area contributed by atoms with Gasteiger partial charge >= 0.3 is 0 Å². The molecule has 0 aromatic heterocycles. The lowest BCUT2D eigenvalue weighted by molar-refractivity contribution is 0.160. The van der Waals surface area contributed by atoms with Crippen LogP contribution in [0.15, 0.2) is 24.8 Å². The van der Waals surface area contributed by atoms with Crippen molar-refractivity contribution in [1.82, 2.24) is 0 Å². The van der Waals surface area contributed by atoms with Gasteiger partial charge in [0.1, 0.15) is 5.75 Å². The Morgan fingerprint density at radius 3 is 2.20 bits per heavy atom. The fourth-order valence-electron chi connectivity index (χ4n) is 4.81. The maximum Gasteiger partial charge on any atom is 0.124 e. The standard InChI is InChI=1S/C23H33NO/c1-3-21-22(25)15-14-20(23(21)24)13-8-17-6-11-19(12-7-17)18-9-4-16(2)5-10-18/h3,8,13-19,25H,1,4-7,9-12,24H2,2H3/b13-8+. The topological polar surface area (TPSA) is 46.2 Å². The number of phenolic OH excluding ortho intramolecular Hbond substituents is 1. The summed E-state index contributed by atoms with van der Waals surface area (Å²) in [6.45, 7) is 6.14. The summed E-state index contributed by atoms with van der Waals surface area (Å²) < 4.78 is 0. The van der Waals surface area contributed by atoms with Crippen LogP contribution in [0, 0.1) is 23.7 Å². The molecule has 0 saturated heterocycles. The molecule has 25 heavy (non-hydrogen) atoms. The third-order valence-corrected chi connectivity index (χ3v) is 6.59. The second-order valence-electron chi connectivity index (χ2n) is 8.26. The summed E-state index contributed by atoms with van der Waals surface area (Å²) in [6, 6.07) is 3.59. The molecule has 3 N–H and O–H groups in total. The summed E-state index contributed by atoms with van der Waals surface area (Å²) in [4.78, 5) is 0. The molecular formula is C23H33NO. The zero-order chi connectivity index (χ0) is 17.8. The molecule has 2 aliphatic rings. The number of nitrogen functional groups attached to an aromatic ring is 1. The maximum absolute atomic E-state index is 9.83. The van der Waals surface area contributed by atoms with Crippen molar-refractivity contribution in [3.63, 3.8) is 0 Å². The molecular weight excluding hydrogens is 306 g/mol. The van der Waals surface area contributed by atoms with Crippen molar-refractivity contribution in [2.24, 2.45) is 23.7 Å². The molecule has 0 amide bonds. The van der Waals surface area contributed by atoms with Crippen molar-refractivity contribution in [2.45, 2.75) is 58.3 Å². The highest BCUT2D eigenvalue weighted by atomic mass is 16.3. The first-order chi connectivity index (χ1) is 12.1. The number of aromatic hydroxyl groups is 1. The van der Waals surface area contributed by atoms with Gasteiger partial charge in [-0.05, 0) is 79.9 Å². The van der Waals surface area contributed by atoms with Crippen LogP contribution in [0.25, 0.3) is 12.2 Å². The minimum atomic E-state index is 0.201. The molecule has 3 rings (SSSR count). The van der Waals surface area contributed by atoms with E-state index in [1.807, 2.05) is 6.07 Å². The van der Waals surface area contributed by atoms with E-state index in [0.717, 1.165) is 23.3 Å². The maximum atomic E-state index is 9.83. The van der Waals surface area contributed by atoms with Gasteiger partial charge < -0.3 is 10.8 Å². The number of benzene rings is 1. The van der Waals surface area contributed by atoms with Gasteiger partial charge in [-0.2, -0.15) is 0 Å². The monoisotopic (exact) mass is 339 g/mol. The van der Waals surface area contributed by atoms with Crippen LogP contribution in [0.2, 0.25) is 0 Å². The van der Waals surface area contributed by atoms with Crippen molar-refractivity contribution < 1.29 is 5.11 Å². The average molecular weight is 340 g/mol. The smallest absolute Gasteiger partial charge is 0.124 e. The predicted molar refractivity (Wildman–Crippen MR) is 108 cm³/mol. The molecule has 2 fully saturated rings. The van der Waals surface area contributed by atoms with Gasteiger partial charge in [-0.3, -0.25) is 0 Å². The van der Waals surface area contributed by atoms with Crippen LogP contribution in [0.3, 0.4) is 0 Å². The van der Waals surface area contributed by atoms with E-state index in [1.54, 1.807) is 12.1 Å². The van der Waals surface area contributed by atoms with Crippen LogP contribution in [0.1, 0.15) is 69.4 Å². The van der Waals surface area contributed by atoms with Crippen molar-refractivity contribution in [3.8, 4) is 5.75 Å². The fraction of sp³-hybridized carbons (Fsp3) is 0.565. The lowest BCUT2D eigenvalue weighted by Gasteiger charge is -2.36. The van der Waals surface area contributed by atoms with Crippen molar-refractivity contribution in [2.75, 3.05) is 5.73 Å². The van der Waals surface area contributed by atoms with Gasteiger partial charge in [-0.25, -0.2) is 0 Å². The Morgan fingerprint density at radius 1 is 1.00 bits per heavy atom. The first-order valence-corrected chi connectivity index (χ1v) is 10.0. The number of allylic oxidation sites excluding steroid dienone is 1. The van der Waals surface area contributed by atoms with Crippen LogP contribution >= 0.6 is 0 Å². The predicted octanol–water partition coefficient (Wildman–Crippen LogP) is 6.26. The Labute approximate surface area is 152 Å². The number of rotatable bonds is 4. The molecule has 0 atom stereocenters. The van der Waals surface area contributed by atoms with Crippen LogP contribution in [0.5, 0.6) is 5.75 Å². The number of hydrogen-bond donors (Lipinski definition) is 2. The Balaban J connectivity index is 1.55. The van der Waals surface area contributed by atoms with E-state index < -0.39 is 0 Å². The van der Waals surface area contributed by atoms with Crippen LogP contribution in [-0.2, 0) is 0 Å². The minimum absolute atomic E-state index is 0.201. The van der Waals surface area contributed by atoms with Crippen LogP contribution < -0.4 is 5.73 Å². The molecule has 0 unspecified atom stereocenters.